The van der Waals surface area contributed by atoms with Crippen molar-refractivity contribution in [3.63, 3.8) is 0 Å². The summed E-state index contributed by atoms with van der Waals surface area (Å²) in [6.07, 6.45) is 6.69. The van der Waals surface area contributed by atoms with Gasteiger partial charge in [0.1, 0.15) is 6.10 Å². The standard InChI is InChI=1S/C10H16O3/c1-8(11)4-2-3-5-9-6-7-10(12)13-9/h6-9,11H,2-5H2,1H3. The van der Waals surface area contributed by atoms with Crippen LogP contribution in [0.5, 0.6) is 0 Å². The first-order valence-electron chi connectivity index (χ1n) is 4.75. The molecule has 0 aromatic rings. The lowest BCUT2D eigenvalue weighted by atomic mass is 10.1. The van der Waals surface area contributed by atoms with Crippen molar-refractivity contribution in [2.45, 2.75) is 44.8 Å². The topological polar surface area (TPSA) is 46.5 Å². The van der Waals surface area contributed by atoms with Crippen molar-refractivity contribution < 1.29 is 14.6 Å². The molecule has 0 aromatic carbocycles. The van der Waals surface area contributed by atoms with Crippen LogP contribution >= 0.6 is 0 Å². The Kier molecular flexibility index (Phi) is 3.96. The molecule has 0 fully saturated rings. The largest absolute Gasteiger partial charge is 0.455 e. The third kappa shape index (κ3) is 4.08. The van der Waals surface area contributed by atoms with Crippen LogP contribution in [0.4, 0.5) is 0 Å². The first-order valence-corrected chi connectivity index (χ1v) is 4.75. The van der Waals surface area contributed by atoms with E-state index in [9.17, 15) is 4.79 Å². The second-order valence-electron chi connectivity index (χ2n) is 3.47. The van der Waals surface area contributed by atoms with Crippen molar-refractivity contribution in [3.8, 4) is 0 Å². The van der Waals surface area contributed by atoms with Crippen LogP contribution in [0, 0.1) is 0 Å². The molecule has 1 N–H and O–H groups in total. The van der Waals surface area contributed by atoms with E-state index in [1.165, 1.54) is 6.08 Å². The Hall–Kier alpha value is -0.830. The van der Waals surface area contributed by atoms with Crippen molar-refractivity contribution in [2.24, 2.45) is 0 Å². The molecule has 1 aliphatic rings. The maximum absolute atomic E-state index is 10.6. The zero-order valence-electron chi connectivity index (χ0n) is 7.90. The molecule has 0 aliphatic carbocycles. The zero-order valence-corrected chi connectivity index (χ0v) is 7.90. The first-order chi connectivity index (χ1) is 6.18. The van der Waals surface area contributed by atoms with Crippen molar-refractivity contribution in [1.82, 2.24) is 0 Å². The maximum Gasteiger partial charge on any atom is 0.331 e. The molecule has 3 nitrogen and oxygen atoms in total. The number of carbonyl (C=O) groups is 1. The van der Waals surface area contributed by atoms with Crippen LogP contribution in [0.1, 0.15) is 32.6 Å². The number of hydrogen-bond donors (Lipinski definition) is 1. The number of hydrogen-bond acceptors (Lipinski definition) is 3. The normalized spacial score (nSPS) is 23.2. The molecule has 13 heavy (non-hydrogen) atoms. The van der Waals surface area contributed by atoms with E-state index in [2.05, 4.69) is 0 Å². The molecule has 0 saturated carbocycles. The number of ether oxygens (including phenoxy) is 1. The fourth-order valence-corrected chi connectivity index (χ4v) is 1.35. The number of carbonyl (C=O) groups excluding carboxylic acids is 1. The van der Waals surface area contributed by atoms with Crippen molar-refractivity contribution in [1.29, 1.82) is 0 Å². The molecular formula is C10H16O3. The van der Waals surface area contributed by atoms with Gasteiger partial charge in [-0.15, -0.1) is 0 Å². The minimum Gasteiger partial charge on any atom is -0.455 e. The van der Waals surface area contributed by atoms with Gasteiger partial charge in [-0.05, 0) is 32.3 Å². The molecule has 1 heterocycles. The average molecular weight is 184 g/mol. The van der Waals surface area contributed by atoms with E-state index >= 15 is 0 Å². The van der Waals surface area contributed by atoms with Gasteiger partial charge in [-0.25, -0.2) is 4.79 Å². The van der Waals surface area contributed by atoms with Crippen LogP contribution in [0.25, 0.3) is 0 Å². The van der Waals surface area contributed by atoms with Gasteiger partial charge in [-0.2, -0.15) is 0 Å². The highest BCUT2D eigenvalue weighted by atomic mass is 16.5. The van der Waals surface area contributed by atoms with Gasteiger partial charge in [-0.3, -0.25) is 0 Å². The van der Waals surface area contributed by atoms with E-state index in [1.54, 1.807) is 13.0 Å². The highest BCUT2D eigenvalue weighted by Gasteiger charge is 2.15. The van der Waals surface area contributed by atoms with E-state index in [1.807, 2.05) is 0 Å². The summed E-state index contributed by atoms with van der Waals surface area (Å²) in [5.74, 6) is -0.236. The van der Waals surface area contributed by atoms with Gasteiger partial charge in [0.05, 0.1) is 6.10 Å². The van der Waals surface area contributed by atoms with Crippen molar-refractivity contribution >= 4 is 5.97 Å². The number of aliphatic hydroxyl groups excluding tert-OH is 1. The first kappa shape index (κ1) is 10.3. The summed E-state index contributed by atoms with van der Waals surface area (Å²) in [6.45, 7) is 1.79. The number of rotatable bonds is 5. The summed E-state index contributed by atoms with van der Waals surface area (Å²) >= 11 is 0. The van der Waals surface area contributed by atoms with Crippen molar-refractivity contribution in [2.75, 3.05) is 0 Å². The molecule has 0 spiro atoms. The molecule has 74 valence electrons. The molecule has 0 saturated heterocycles. The smallest absolute Gasteiger partial charge is 0.331 e. The van der Waals surface area contributed by atoms with Gasteiger partial charge in [0.15, 0.2) is 0 Å². The van der Waals surface area contributed by atoms with Crippen LogP contribution in [0.2, 0.25) is 0 Å². The highest BCUT2D eigenvalue weighted by Crippen LogP contribution is 2.13. The van der Waals surface area contributed by atoms with Gasteiger partial charge in [0.2, 0.25) is 0 Å². The van der Waals surface area contributed by atoms with Crippen LogP contribution in [0.15, 0.2) is 12.2 Å². The summed E-state index contributed by atoms with van der Waals surface area (Å²) in [5, 5.41) is 8.99. The van der Waals surface area contributed by atoms with E-state index in [-0.39, 0.29) is 18.2 Å². The van der Waals surface area contributed by atoms with Crippen LogP contribution in [0.3, 0.4) is 0 Å². The summed E-state index contributed by atoms with van der Waals surface area (Å²) in [5.41, 5.74) is 0. The summed E-state index contributed by atoms with van der Waals surface area (Å²) < 4.78 is 4.96. The number of esters is 1. The predicted octanol–water partition coefficient (Wildman–Crippen LogP) is 1.41. The Morgan fingerprint density at radius 1 is 1.62 bits per heavy atom. The van der Waals surface area contributed by atoms with Gasteiger partial charge >= 0.3 is 5.97 Å². The molecular weight excluding hydrogens is 168 g/mol. The average Bonchev–Trinajstić information content (AvgIpc) is 2.45. The Bertz CT molecular complexity index is 196. The molecule has 1 aliphatic heterocycles. The zero-order chi connectivity index (χ0) is 9.68. The summed E-state index contributed by atoms with van der Waals surface area (Å²) in [4.78, 5) is 10.6. The maximum atomic E-state index is 10.6. The second-order valence-corrected chi connectivity index (χ2v) is 3.47. The Morgan fingerprint density at radius 2 is 2.38 bits per heavy atom. The Balaban J connectivity index is 2.01. The molecule has 1 rings (SSSR count). The number of unbranched alkanes of at least 4 members (excludes halogenated alkanes) is 1. The van der Waals surface area contributed by atoms with E-state index in [0.29, 0.717) is 0 Å². The van der Waals surface area contributed by atoms with Crippen LogP contribution in [-0.4, -0.2) is 23.3 Å². The van der Waals surface area contributed by atoms with Crippen LogP contribution in [-0.2, 0) is 9.53 Å². The van der Waals surface area contributed by atoms with E-state index < -0.39 is 0 Å². The van der Waals surface area contributed by atoms with Crippen LogP contribution < -0.4 is 0 Å². The molecule has 0 amide bonds. The summed E-state index contributed by atoms with van der Waals surface area (Å²) in [6, 6.07) is 0. The van der Waals surface area contributed by atoms with Gasteiger partial charge < -0.3 is 9.84 Å². The molecule has 0 bridgehead atoms. The predicted molar refractivity (Wildman–Crippen MR) is 49.2 cm³/mol. The van der Waals surface area contributed by atoms with Gasteiger partial charge in [-0.1, -0.05) is 6.42 Å². The van der Waals surface area contributed by atoms with E-state index in [0.717, 1.165) is 25.7 Å². The fraction of sp³-hybridized carbons (Fsp3) is 0.700. The Morgan fingerprint density at radius 3 is 2.92 bits per heavy atom. The molecule has 2 atom stereocenters. The minimum absolute atomic E-state index is 0.0264. The molecule has 0 radical (unpaired) electrons. The fourth-order valence-electron chi connectivity index (χ4n) is 1.35. The lowest BCUT2D eigenvalue weighted by Crippen LogP contribution is -2.07. The lowest BCUT2D eigenvalue weighted by molar-refractivity contribution is -0.138. The third-order valence-corrected chi connectivity index (χ3v) is 2.08. The molecule has 2 unspecified atom stereocenters. The quantitative estimate of drug-likeness (QED) is 0.519. The minimum atomic E-state index is -0.236. The Labute approximate surface area is 78.4 Å². The molecule has 0 aromatic heterocycles. The highest BCUT2D eigenvalue weighted by molar-refractivity contribution is 5.84. The number of aliphatic hydroxyl groups is 1. The SMILES string of the molecule is CC(O)CCCCC1C=CC(=O)O1. The summed E-state index contributed by atoms with van der Waals surface area (Å²) in [7, 11) is 0. The van der Waals surface area contributed by atoms with Gasteiger partial charge in [0.25, 0.3) is 0 Å². The van der Waals surface area contributed by atoms with Crippen molar-refractivity contribution in [3.05, 3.63) is 12.2 Å². The van der Waals surface area contributed by atoms with Gasteiger partial charge in [0, 0.05) is 6.08 Å². The number of cyclic esters (lactones) is 1. The lowest BCUT2D eigenvalue weighted by Gasteiger charge is -2.08. The van der Waals surface area contributed by atoms with E-state index in [4.69, 9.17) is 9.84 Å². The monoisotopic (exact) mass is 184 g/mol. The second kappa shape index (κ2) is 5.02. The molecule has 3 heteroatoms. The third-order valence-electron chi connectivity index (χ3n) is 2.08.